The lowest BCUT2D eigenvalue weighted by Gasteiger charge is -2.04. The van der Waals surface area contributed by atoms with E-state index < -0.39 is 0 Å². The lowest BCUT2D eigenvalue weighted by molar-refractivity contribution is 0.0945. The minimum absolute atomic E-state index is 0.0750. The second kappa shape index (κ2) is 5.17. The van der Waals surface area contributed by atoms with Crippen LogP contribution < -0.4 is 5.32 Å². The third kappa shape index (κ3) is 2.64. The van der Waals surface area contributed by atoms with Gasteiger partial charge in [0.05, 0.1) is 12.3 Å². The second-order valence-electron chi connectivity index (χ2n) is 3.28. The Morgan fingerprint density at radius 2 is 2.12 bits per heavy atom. The molecule has 0 atom stereocenters. The zero-order chi connectivity index (χ0) is 12.1. The molecular weight excluding hydrogens is 222 g/mol. The summed E-state index contributed by atoms with van der Waals surface area (Å²) in [6.07, 6.45) is 1.47. The maximum atomic E-state index is 11.5. The summed E-state index contributed by atoms with van der Waals surface area (Å²) < 4.78 is 1.50. The molecule has 7 nitrogen and oxygen atoms in total. The van der Waals surface area contributed by atoms with E-state index >= 15 is 0 Å². The maximum absolute atomic E-state index is 11.5. The van der Waals surface area contributed by atoms with Crippen molar-refractivity contribution in [3.05, 3.63) is 36.2 Å². The van der Waals surface area contributed by atoms with E-state index in [9.17, 15) is 4.79 Å². The average Bonchev–Trinajstić information content (AvgIpc) is 2.90. The molecule has 17 heavy (non-hydrogen) atoms. The highest BCUT2D eigenvalue weighted by Crippen LogP contribution is 2.07. The Labute approximate surface area is 97.1 Å². The van der Waals surface area contributed by atoms with Crippen LogP contribution in [-0.2, 0) is 0 Å². The summed E-state index contributed by atoms with van der Waals surface area (Å²) in [5.74, 6) is -0.220. The molecule has 2 rings (SSSR count). The Morgan fingerprint density at radius 1 is 1.35 bits per heavy atom. The Balaban J connectivity index is 2.10. The first-order valence-electron chi connectivity index (χ1n) is 5.04. The summed E-state index contributed by atoms with van der Waals surface area (Å²) in [6.45, 7) is 0.169. The van der Waals surface area contributed by atoms with Crippen molar-refractivity contribution in [1.82, 2.24) is 25.5 Å². The molecule has 0 aliphatic rings. The normalized spacial score (nSPS) is 10.2. The van der Waals surface area contributed by atoms with Gasteiger partial charge in [-0.25, -0.2) is 4.68 Å². The van der Waals surface area contributed by atoms with Gasteiger partial charge in [0.2, 0.25) is 0 Å². The molecule has 1 amide bonds. The van der Waals surface area contributed by atoms with Crippen molar-refractivity contribution < 1.29 is 9.90 Å². The van der Waals surface area contributed by atoms with Gasteiger partial charge in [-0.15, -0.1) is 5.10 Å². The number of nitrogens with one attached hydrogen (secondary N) is 1. The highest BCUT2D eigenvalue weighted by atomic mass is 16.3. The monoisotopic (exact) mass is 233 g/mol. The van der Waals surface area contributed by atoms with Crippen LogP contribution >= 0.6 is 0 Å². The van der Waals surface area contributed by atoms with Gasteiger partial charge in [-0.2, -0.15) is 0 Å². The van der Waals surface area contributed by atoms with Crippen LogP contribution in [0.1, 0.15) is 10.4 Å². The molecule has 0 unspecified atom stereocenters. The molecule has 2 aromatic rings. The Bertz CT molecular complexity index is 480. The van der Waals surface area contributed by atoms with Crippen LogP contribution in [0.5, 0.6) is 0 Å². The van der Waals surface area contributed by atoms with Crippen molar-refractivity contribution in [1.29, 1.82) is 0 Å². The zero-order valence-electron chi connectivity index (χ0n) is 8.95. The number of amides is 1. The van der Waals surface area contributed by atoms with Crippen LogP contribution in [0, 0.1) is 0 Å². The first kappa shape index (κ1) is 11.2. The van der Waals surface area contributed by atoms with Crippen molar-refractivity contribution in [2.75, 3.05) is 13.2 Å². The predicted molar refractivity (Wildman–Crippen MR) is 58.6 cm³/mol. The molecule has 0 bridgehead atoms. The smallest absolute Gasteiger partial charge is 0.251 e. The number of rotatable bonds is 4. The average molecular weight is 233 g/mol. The number of benzene rings is 1. The quantitative estimate of drug-likeness (QED) is 0.734. The fraction of sp³-hybridized carbons (Fsp3) is 0.200. The van der Waals surface area contributed by atoms with Crippen molar-refractivity contribution in [3.8, 4) is 5.69 Å². The van der Waals surface area contributed by atoms with E-state index in [0.29, 0.717) is 5.56 Å². The number of tetrazole rings is 1. The van der Waals surface area contributed by atoms with Crippen LogP contribution in [0.2, 0.25) is 0 Å². The van der Waals surface area contributed by atoms with Gasteiger partial charge in [0.1, 0.15) is 6.33 Å². The fourth-order valence-electron chi connectivity index (χ4n) is 1.32. The summed E-state index contributed by atoms with van der Waals surface area (Å²) in [5, 5.41) is 21.9. The fourth-order valence-corrected chi connectivity index (χ4v) is 1.32. The summed E-state index contributed by atoms with van der Waals surface area (Å²) >= 11 is 0. The minimum atomic E-state index is -0.220. The van der Waals surface area contributed by atoms with E-state index in [1.54, 1.807) is 24.3 Å². The third-order valence-corrected chi connectivity index (χ3v) is 2.14. The topological polar surface area (TPSA) is 92.9 Å². The number of hydrogen-bond acceptors (Lipinski definition) is 5. The van der Waals surface area contributed by atoms with Crippen LogP contribution in [-0.4, -0.2) is 44.4 Å². The van der Waals surface area contributed by atoms with E-state index in [0.717, 1.165) is 5.69 Å². The van der Waals surface area contributed by atoms with E-state index in [1.165, 1.54) is 11.0 Å². The number of carbonyl (C=O) groups excluding carboxylic acids is 1. The highest BCUT2D eigenvalue weighted by molar-refractivity contribution is 5.94. The van der Waals surface area contributed by atoms with E-state index in [4.69, 9.17) is 5.11 Å². The van der Waals surface area contributed by atoms with Gasteiger partial charge in [0.25, 0.3) is 5.91 Å². The number of nitrogens with zero attached hydrogens (tertiary/aromatic N) is 4. The van der Waals surface area contributed by atoms with Gasteiger partial charge in [0, 0.05) is 12.1 Å². The third-order valence-electron chi connectivity index (χ3n) is 2.14. The molecule has 0 spiro atoms. The molecule has 2 N–H and O–H groups in total. The number of hydrogen-bond donors (Lipinski definition) is 2. The van der Waals surface area contributed by atoms with Crippen molar-refractivity contribution in [3.63, 3.8) is 0 Å². The lowest BCUT2D eigenvalue weighted by Crippen LogP contribution is -2.26. The summed E-state index contributed by atoms with van der Waals surface area (Å²) in [6, 6.07) is 6.82. The molecule has 1 aromatic heterocycles. The Kier molecular flexibility index (Phi) is 3.41. The van der Waals surface area contributed by atoms with E-state index in [1.807, 2.05) is 0 Å². The molecule has 0 radical (unpaired) electrons. The van der Waals surface area contributed by atoms with Gasteiger partial charge in [-0.1, -0.05) is 0 Å². The Morgan fingerprint density at radius 3 is 2.71 bits per heavy atom. The highest BCUT2D eigenvalue weighted by Gasteiger charge is 2.05. The molecular formula is C10H11N5O2. The van der Waals surface area contributed by atoms with Crippen molar-refractivity contribution in [2.24, 2.45) is 0 Å². The standard InChI is InChI=1S/C10H11N5O2/c16-6-5-11-10(17)8-1-3-9(4-2-8)15-7-12-13-14-15/h1-4,7,16H,5-6H2,(H,11,17). The molecule has 1 heterocycles. The Hall–Kier alpha value is -2.28. The summed E-state index contributed by atoms with van der Waals surface area (Å²) in [7, 11) is 0. The molecule has 0 saturated carbocycles. The molecule has 88 valence electrons. The molecule has 1 aromatic carbocycles. The zero-order valence-corrected chi connectivity index (χ0v) is 8.95. The SMILES string of the molecule is O=C(NCCO)c1ccc(-n2cnnn2)cc1. The first-order chi connectivity index (χ1) is 8.31. The largest absolute Gasteiger partial charge is 0.395 e. The number of aromatic nitrogens is 4. The minimum Gasteiger partial charge on any atom is -0.395 e. The van der Waals surface area contributed by atoms with Crippen LogP contribution in [0.15, 0.2) is 30.6 Å². The van der Waals surface area contributed by atoms with Gasteiger partial charge >= 0.3 is 0 Å². The lowest BCUT2D eigenvalue weighted by atomic mass is 10.2. The van der Waals surface area contributed by atoms with Gasteiger partial charge < -0.3 is 10.4 Å². The number of aliphatic hydroxyl groups excluding tert-OH is 1. The number of carbonyl (C=O) groups is 1. The molecule has 0 aliphatic carbocycles. The molecule has 7 heteroatoms. The van der Waals surface area contributed by atoms with E-state index in [2.05, 4.69) is 20.8 Å². The molecule has 0 fully saturated rings. The van der Waals surface area contributed by atoms with Crippen molar-refractivity contribution >= 4 is 5.91 Å². The van der Waals surface area contributed by atoms with Crippen LogP contribution in [0.3, 0.4) is 0 Å². The molecule has 0 saturated heterocycles. The van der Waals surface area contributed by atoms with E-state index in [-0.39, 0.29) is 19.1 Å². The maximum Gasteiger partial charge on any atom is 0.251 e. The number of aliphatic hydroxyl groups is 1. The van der Waals surface area contributed by atoms with Gasteiger partial charge in [0.15, 0.2) is 0 Å². The first-order valence-corrected chi connectivity index (χ1v) is 5.04. The van der Waals surface area contributed by atoms with Crippen LogP contribution in [0.25, 0.3) is 5.69 Å². The van der Waals surface area contributed by atoms with Crippen molar-refractivity contribution in [2.45, 2.75) is 0 Å². The van der Waals surface area contributed by atoms with Gasteiger partial charge in [-0.05, 0) is 34.7 Å². The van der Waals surface area contributed by atoms with Gasteiger partial charge in [-0.3, -0.25) is 4.79 Å². The summed E-state index contributed by atoms with van der Waals surface area (Å²) in [5.41, 5.74) is 1.30. The predicted octanol–water partition coefficient (Wildman–Crippen LogP) is -0.616. The summed E-state index contributed by atoms with van der Waals surface area (Å²) in [4.78, 5) is 11.5. The second-order valence-corrected chi connectivity index (χ2v) is 3.28. The van der Waals surface area contributed by atoms with Crippen LogP contribution in [0.4, 0.5) is 0 Å². The molecule has 0 aliphatic heterocycles.